The molecule has 0 amide bonds. The van der Waals surface area contributed by atoms with E-state index in [2.05, 4.69) is 54.4 Å². The summed E-state index contributed by atoms with van der Waals surface area (Å²) in [5, 5.41) is 0. The molecule has 0 spiro atoms. The van der Waals surface area contributed by atoms with E-state index >= 15 is 0 Å². The lowest BCUT2D eigenvalue weighted by atomic mass is 9.80. The predicted molar refractivity (Wildman–Crippen MR) is 192 cm³/mol. The highest BCUT2D eigenvalue weighted by Crippen LogP contribution is 2.54. The maximum absolute atomic E-state index is 11.7. The Balaban J connectivity index is 0.913. The molecule has 8 heterocycles. The van der Waals surface area contributed by atoms with Crippen LogP contribution in [0.5, 0.6) is 0 Å². The van der Waals surface area contributed by atoms with Gasteiger partial charge in [-0.05, 0) is 79.8 Å². The number of hydrogen-bond acceptors (Lipinski definition) is 8. The summed E-state index contributed by atoms with van der Waals surface area (Å²) in [6.07, 6.45) is 13.7. The summed E-state index contributed by atoms with van der Waals surface area (Å²) in [4.78, 5) is 11.7. The van der Waals surface area contributed by atoms with Crippen molar-refractivity contribution in [3.63, 3.8) is 0 Å². The van der Waals surface area contributed by atoms with Crippen molar-refractivity contribution in [2.24, 2.45) is 29.6 Å². The molecule has 8 fully saturated rings. The second-order valence-electron chi connectivity index (χ2n) is 17.2. The summed E-state index contributed by atoms with van der Waals surface area (Å²) >= 11 is 0. The first-order valence-electron chi connectivity index (χ1n) is 20.1. The van der Waals surface area contributed by atoms with E-state index in [9.17, 15) is 4.79 Å². The monoisotopic (exact) mass is 696 g/mol. The van der Waals surface area contributed by atoms with Gasteiger partial charge in [-0.15, -0.1) is 6.58 Å². The van der Waals surface area contributed by atoms with Gasteiger partial charge in [0.1, 0.15) is 24.6 Å². The molecule has 0 aliphatic carbocycles. The fourth-order valence-corrected chi connectivity index (χ4v) is 10.5. The van der Waals surface area contributed by atoms with Crippen LogP contribution in [0.15, 0.2) is 37.0 Å². The average Bonchev–Trinajstić information content (AvgIpc) is 3.75. The lowest BCUT2D eigenvalue weighted by Crippen LogP contribution is -2.54. The molecule has 8 heteroatoms. The normalized spacial score (nSPS) is 48.7. The molecule has 0 aromatic heterocycles. The Labute approximate surface area is 301 Å². The summed E-state index contributed by atoms with van der Waals surface area (Å²) < 4.78 is 46.7. The Bertz CT molecular complexity index is 1250. The quantitative estimate of drug-likeness (QED) is 0.128. The molecule has 8 nitrogen and oxygen atoms in total. The molecule has 0 radical (unpaired) electrons. The Morgan fingerprint density at radius 3 is 2.36 bits per heavy atom. The van der Waals surface area contributed by atoms with E-state index in [0.717, 1.165) is 82.5 Å². The van der Waals surface area contributed by atoms with Gasteiger partial charge in [-0.1, -0.05) is 60.3 Å². The molecular weight excluding hydrogens is 632 g/mol. The topological polar surface area (TPSA) is 81.7 Å². The highest BCUT2D eigenvalue weighted by Gasteiger charge is 2.67. The third-order valence-electron chi connectivity index (χ3n) is 13.9. The first-order chi connectivity index (χ1) is 24.0. The first kappa shape index (κ1) is 36.9. The van der Waals surface area contributed by atoms with Crippen molar-refractivity contribution >= 4 is 6.29 Å². The Morgan fingerprint density at radius 1 is 0.840 bits per heavy atom. The van der Waals surface area contributed by atoms with Crippen LogP contribution in [0.25, 0.3) is 0 Å². The molecule has 280 valence electrons. The Hall–Kier alpha value is -1.39. The zero-order valence-corrected chi connectivity index (χ0v) is 31.3. The predicted octanol–water partition coefficient (Wildman–Crippen LogP) is 7.68. The van der Waals surface area contributed by atoms with Crippen LogP contribution in [-0.2, 0) is 38.0 Å². The number of aldehydes is 1. The van der Waals surface area contributed by atoms with Crippen LogP contribution in [0.4, 0.5) is 0 Å². The molecule has 50 heavy (non-hydrogen) atoms. The molecule has 0 saturated carbocycles. The number of rotatable bonds is 15. The van der Waals surface area contributed by atoms with Gasteiger partial charge in [-0.3, -0.25) is 0 Å². The minimum absolute atomic E-state index is 0.0212. The van der Waals surface area contributed by atoms with Crippen LogP contribution in [-0.4, -0.2) is 85.3 Å². The third kappa shape index (κ3) is 7.13. The third-order valence-corrected chi connectivity index (χ3v) is 13.9. The average molecular weight is 697 g/mol. The van der Waals surface area contributed by atoms with Crippen LogP contribution in [0.2, 0.25) is 0 Å². The van der Waals surface area contributed by atoms with Crippen LogP contribution in [0.1, 0.15) is 112 Å². The van der Waals surface area contributed by atoms with E-state index in [0.29, 0.717) is 24.2 Å². The fraction of sp³-hybridized carbons (Fsp3) is 0.833. The lowest BCUT2D eigenvalue weighted by Gasteiger charge is -2.42. The maximum atomic E-state index is 11.7. The Morgan fingerprint density at radius 2 is 1.60 bits per heavy atom. The van der Waals surface area contributed by atoms with Crippen molar-refractivity contribution in [3.8, 4) is 0 Å². The van der Waals surface area contributed by atoms with E-state index in [1.807, 2.05) is 6.08 Å². The molecule has 8 aliphatic rings. The second-order valence-corrected chi connectivity index (χ2v) is 17.2. The highest BCUT2D eigenvalue weighted by atomic mass is 16.8. The van der Waals surface area contributed by atoms with Crippen molar-refractivity contribution in [1.82, 2.24) is 0 Å². The van der Waals surface area contributed by atoms with Gasteiger partial charge in [0, 0.05) is 31.6 Å². The van der Waals surface area contributed by atoms with Crippen LogP contribution < -0.4 is 0 Å². The molecule has 2 unspecified atom stereocenters. The van der Waals surface area contributed by atoms with Crippen molar-refractivity contribution in [2.45, 2.75) is 191 Å². The SMILES string of the molecule is C=CC[C@@H]1O[C@H]2[C@H]3O[C@]4(CC[C@H]5CC(=C)[C@H](CCC6C[C@@H](C)C(=C)[C@@H](C[C@@H]7O[C@H](C[C@H](C)CC)[C@H](C)[C@H]7CC=O)O6)O5)C[C@H]3O[C@H]2[C@@H](O4)C1C. The number of ether oxygens (including phenoxy) is 7. The summed E-state index contributed by atoms with van der Waals surface area (Å²) in [5.74, 6) is 1.15. The van der Waals surface area contributed by atoms with E-state index in [-0.39, 0.29) is 85.1 Å². The molecule has 0 N–H and O–H groups in total. The van der Waals surface area contributed by atoms with Crippen molar-refractivity contribution in [2.75, 3.05) is 0 Å². The summed E-state index contributed by atoms with van der Waals surface area (Å²) in [6.45, 7) is 24.2. The molecule has 6 bridgehead atoms. The lowest BCUT2D eigenvalue weighted by molar-refractivity contribution is -0.262. The van der Waals surface area contributed by atoms with Gasteiger partial charge in [0.25, 0.3) is 0 Å². The molecule has 8 saturated heterocycles. The van der Waals surface area contributed by atoms with Gasteiger partial charge in [0.15, 0.2) is 5.79 Å². The molecular formula is C42H64O8. The molecule has 8 rings (SSSR count). The van der Waals surface area contributed by atoms with Crippen LogP contribution in [0, 0.1) is 29.6 Å². The van der Waals surface area contributed by atoms with Gasteiger partial charge in [0.05, 0.1) is 54.9 Å². The van der Waals surface area contributed by atoms with Gasteiger partial charge in [-0.25, -0.2) is 0 Å². The van der Waals surface area contributed by atoms with E-state index in [1.165, 1.54) is 5.57 Å². The minimum Gasteiger partial charge on any atom is -0.374 e. The minimum atomic E-state index is -0.643. The molecule has 8 aliphatic heterocycles. The van der Waals surface area contributed by atoms with Crippen molar-refractivity contribution in [3.05, 3.63) is 37.0 Å². The Kier molecular flexibility index (Phi) is 11.2. The van der Waals surface area contributed by atoms with Gasteiger partial charge >= 0.3 is 0 Å². The van der Waals surface area contributed by atoms with Gasteiger partial charge < -0.3 is 38.0 Å². The maximum Gasteiger partial charge on any atom is 0.172 e. The standard InChI is InChI=1S/C42H64O8/c1-9-11-33-28(8)38-40-41(47-33)39-37(48-40)22-42(49-38,50-39)16-14-30-20-25(5)32(44-30)13-12-29-19-24(4)26(6)35(45-29)21-36-31(15-17-43)27(7)34(46-36)18-23(3)10-2/h9,17,23-24,27-41H,1,5-6,10-16,18-22H2,2-4,7-8H3/t23-,24-,27-,28?,29?,30+,31-,32+,33+,34-,35-,36+,37-,38+,39+,40+,41+,42-/m1/s1. The smallest absolute Gasteiger partial charge is 0.172 e. The largest absolute Gasteiger partial charge is 0.374 e. The molecule has 0 aromatic carbocycles. The zero-order valence-electron chi connectivity index (χ0n) is 31.3. The van der Waals surface area contributed by atoms with E-state index < -0.39 is 5.79 Å². The fourth-order valence-electron chi connectivity index (χ4n) is 10.5. The summed E-state index contributed by atoms with van der Waals surface area (Å²) in [5.41, 5.74) is 2.34. The number of hydrogen-bond donors (Lipinski definition) is 0. The second kappa shape index (κ2) is 15.2. The number of carbonyl (C=O) groups excluding carboxylic acids is 1. The van der Waals surface area contributed by atoms with E-state index in [1.54, 1.807) is 0 Å². The first-order valence-corrected chi connectivity index (χ1v) is 20.1. The number of carbonyl (C=O) groups is 1. The van der Waals surface area contributed by atoms with Crippen molar-refractivity contribution in [1.29, 1.82) is 0 Å². The van der Waals surface area contributed by atoms with Gasteiger partial charge in [0.2, 0.25) is 0 Å². The summed E-state index contributed by atoms with van der Waals surface area (Å²) in [6, 6.07) is 0. The summed E-state index contributed by atoms with van der Waals surface area (Å²) in [7, 11) is 0. The highest BCUT2D eigenvalue weighted by molar-refractivity contribution is 5.50. The van der Waals surface area contributed by atoms with Crippen LogP contribution in [0.3, 0.4) is 0 Å². The molecule has 0 aromatic rings. The molecule has 18 atom stereocenters. The zero-order chi connectivity index (χ0) is 35.3. The van der Waals surface area contributed by atoms with E-state index in [4.69, 9.17) is 33.2 Å². The van der Waals surface area contributed by atoms with Crippen LogP contribution >= 0.6 is 0 Å². The van der Waals surface area contributed by atoms with Gasteiger partial charge in [-0.2, -0.15) is 0 Å². The van der Waals surface area contributed by atoms with Crippen molar-refractivity contribution < 1.29 is 38.0 Å².